The average Bonchev–Trinajstić information content (AvgIpc) is 2.86. The second-order valence-electron chi connectivity index (χ2n) is 8.84. The predicted octanol–water partition coefficient (Wildman–Crippen LogP) is 8.28. The van der Waals surface area contributed by atoms with Crippen molar-refractivity contribution in [1.82, 2.24) is 0 Å². The fourth-order valence-corrected chi connectivity index (χ4v) is 5.71. The minimum absolute atomic E-state index is 0.229. The van der Waals surface area contributed by atoms with Crippen LogP contribution in [0.3, 0.4) is 0 Å². The highest BCUT2D eigenvalue weighted by Crippen LogP contribution is 2.21. The van der Waals surface area contributed by atoms with Crippen LogP contribution in [0.5, 0.6) is 5.75 Å². The largest absolute Gasteiger partial charge is 0.500 e. The van der Waals surface area contributed by atoms with E-state index in [-0.39, 0.29) is 5.92 Å². The van der Waals surface area contributed by atoms with Crippen molar-refractivity contribution >= 4 is 8.80 Å². The molecule has 1 unspecified atom stereocenters. The molecule has 0 aliphatic heterocycles. The zero-order valence-corrected chi connectivity index (χ0v) is 23.3. The van der Waals surface area contributed by atoms with Crippen LogP contribution in [0, 0.1) is 5.92 Å². The van der Waals surface area contributed by atoms with Crippen LogP contribution in [0.4, 0.5) is 0 Å². The van der Waals surface area contributed by atoms with Crippen LogP contribution in [0.15, 0.2) is 60.9 Å². The van der Waals surface area contributed by atoms with Gasteiger partial charge in [-0.15, -0.1) is 0 Å². The van der Waals surface area contributed by atoms with Gasteiger partial charge in [-0.25, -0.2) is 0 Å². The smallest absolute Gasteiger partial charge is 0.465 e. The molecule has 1 aromatic carbocycles. The third kappa shape index (κ3) is 13.9. The van der Waals surface area contributed by atoms with E-state index in [1.807, 2.05) is 12.1 Å². The lowest BCUT2D eigenvalue weighted by atomic mass is 10.0. The van der Waals surface area contributed by atoms with Gasteiger partial charge in [0.1, 0.15) is 5.75 Å². The molecule has 34 heavy (non-hydrogen) atoms. The van der Waals surface area contributed by atoms with Crippen molar-refractivity contribution < 1.29 is 18.0 Å². The molecule has 192 valence electrons. The number of benzene rings is 1. The van der Waals surface area contributed by atoms with Crippen molar-refractivity contribution in [2.24, 2.45) is 5.92 Å². The first-order valence-corrected chi connectivity index (χ1v) is 14.9. The highest BCUT2D eigenvalue weighted by atomic mass is 28.4. The van der Waals surface area contributed by atoms with Crippen molar-refractivity contribution in [2.75, 3.05) is 21.3 Å². The predicted molar refractivity (Wildman–Crippen MR) is 146 cm³/mol. The zero-order valence-electron chi connectivity index (χ0n) is 22.3. The lowest BCUT2D eigenvalue weighted by molar-refractivity contribution is 0.120. The third-order valence-electron chi connectivity index (χ3n) is 5.91. The van der Waals surface area contributed by atoms with E-state index in [2.05, 4.69) is 56.4 Å². The van der Waals surface area contributed by atoms with Gasteiger partial charge in [-0.05, 0) is 68.2 Å². The lowest BCUT2D eigenvalue weighted by Crippen LogP contribution is -2.43. The van der Waals surface area contributed by atoms with Gasteiger partial charge in [-0.3, -0.25) is 0 Å². The molecule has 0 saturated carbocycles. The van der Waals surface area contributed by atoms with Crippen LogP contribution >= 0.6 is 0 Å². The Hall–Kier alpha value is -1.66. The number of hydrogen-bond acceptors (Lipinski definition) is 4. The van der Waals surface area contributed by atoms with Crippen molar-refractivity contribution in [1.29, 1.82) is 0 Å². The van der Waals surface area contributed by atoms with Crippen molar-refractivity contribution in [3.8, 4) is 5.75 Å². The van der Waals surface area contributed by atoms with E-state index in [0.29, 0.717) is 6.04 Å². The molecular weight excluding hydrogens is 440 g/mol. The average molecular weight is 489 g/mol. The number of ether oxygens (including phenoxy) is 1. The van der Waals surface area contributed by atoms with Gasteiger partial charge in [0.2, 0.25) is 0 Å². The minimum Gasteiger partial charge on any atom is -0.465 e. The number of aryl methyl sites for hydroxylation is 1. The second kappa shape index (κ2) is 19.6. The monoisotopic (exact) mass is 488 g/mol. The first-order valence-electron chi connectivity index (χ1n) is 13.0. The van der Waals surface area contributed by atoms with Crippen molar-refractivity contribution in [3.63, 3.8) is 0 Å². The number of allylic oxidation sites excluding steroid dienone is 5. The third-order valence-corrected chi connectivity index (χ3v) is 8.92. The molecule has 4 nitrogen and oxygen atoms in total. The van der Waals surface area contributed by atoms with E-state index in [9.17, 15) is 0 Å². The summed E-state index contributed by atoms with van der Waals surface area (Å²) >= 11 is 0. The van der Waals surface area contributed by atoms with Gasteiger partial charge in [0.05, 0.1) is 6.26 Å². The topological polar surface area (TPSA) is 36.9 Å². The van der Waals surface area contributed by atoms with Gasteiger partial charge in [0.25, 0.3) is 0 Å². The van der Waals surface area contributed by atoms with Crippen LogP contribution in [-0.4, -0.2) is 30.1 Å². The molecule has 0 spiro atoms. The van der Waals surface area contributed by atoms with E-state index in [4.69, 9.17) is 18.0 Å². The summed E-state index contributed by atoms with van der Waals surface area (Å²) in [6.07, 6.45) is 25.3. The Kier molecular flexibility index (Phi) is 17.5. The summed E-state index contributed by atoms with van der Waals surface area (Å²) in [5, 5.41) is 0. The first-order chi connectivity index (χ1) is 16.6. The van der Waals surface area contributed by atoms with Crippen LogP contribution in [-0.2, 0) is 19.7 Å². The Labute approximate surface area is 210 Å². The molecule has 0 radical (unpaired) electrons. The van der Waals surface area contributed by atoms with Gasteiger partial charge in [-0.1, -0.05) is 76.0 Å². The molecule has 0 heterocycles. The Balaban J connectivity index is 2.22. The SMILES string of the molecule is CCC/C=C/C/C=C/CCCCCCCc1cccc(O/C=C\C(C)C[Si](OC)(OC)OC)c1. The normalized spacial score (nSPS) is 13.4. The summed E-state index contributed by atoms with van der Waals surface area (Å²) in [5.41, 5.74) is 1.34. The maximum atomic E-state index is 5.85. The molecule has 0 N–H and O–H groups in total. The standard InChI is InChI=1S/C29H48O4Si/c1-6-7-8-9-10-11-12-13-14-15-16-17-18-20-28-21-19-22-29(25-28)33-24-23-27(2)26-34(30-3,31-4)32-5/h8-9,11-12,19,21-25,27H,6-7,10,13-18,20,26H2,1-5H3/b9-8+,12-11+,24-23-. The molecule has 0 saturated heterocycles. The fourth-order valence-electron chi connectivity index (χ4n) is 3.78. The molecule has 0 fully saturated rings. The van der Waals surface area contributed by atoms with E-state index in [1.165, 1.54) is 56.9 Å². The van der Waals surface area contributed by atoms with E-state index in [0.717, 1.165) is 18.6 Å². The summed E-state index contributed by atoms with van der Waals surface area (Å²) in [6, 6.07) is 9.12. The Morgan fingerprint density at radius 3 is 2.24 bits per heavy atom. The van der Waals surface area contributed by atoms with Crippen LogP contribution in [0.25, 0.3) is 0 Å². The van der Waals surface area contributed by atoms with E-state index < -0.39 is 8.80 Å². The van der Waals surface area contributed by atoms with Crippen molar-refractivity contribution in [3.05, 3.63) is 66.5 Å². The van der Waals surface area contributed by atoms with Crippen LogP contribution < -0.4 is 4.74 Å². The summed E-state index contributed by atoms with van der Waals surface area (Å²) < 4.78 is 22.4. The summed E-state index contributed by atoms with van der Waals surface area (Å²) in [5.74, 6) is 1.11. The van der Waals surface area contributed by atoms with Gasteiger partial charge in [0.15, 0.2) is 0 Å². The quantitative estimate of drug-likeness (QED) is 0.0801. The number of rotatable bonds is 20. The molecule has 1 atom stereocenters. The Morgan fingerprint density at radius 1 is 0.853 bits per heavy atom. The molecule has 0 bridgehead atoms. The number of unbranched alkanes of at least 4 members (excludes halogenated alkanes) is 6. The zero-order chi connectivity index (χ0) is 24.9. The fraction of sp³-hybridized carbons (Fsp3) is 0.586. The van der Waals surface area contributed by atoms with Gasteiger partial charge in [0, 0.05) is 27.4 Å². The maximum Gasteiger partial charge on any atom is 0.500 e. The molecule has 1 rings (SSSR count). The van der Waals surface area contributed by atoms with Crippen LogP contribution in [0.1, 0.15) is 77.2 Å². The second-order valence-corrected chi connectivity index (χ2v) is 11.8. The molecule has 0 aromatic heterocycles. The first kappa shape index (κ1) is 30.4. The Morgan fingerprint density at radius 2 is 1.53 bits per heavy atom. The molecule has 5 heteroatoms. The molecule has 1 aromatic rings. The van der Waals surface area contributed by atoms with E-state index in [1.54, 1.807) is 27.6 Å². The highest BCUT2D eigenvalue weighted by Gasteiger charge is 2.38. The minimum atomic E-state index is -2.57. The molecule has 0 aliphatic carbocycles. The number of hydrogen-bond donors (Lipinski definition) is 0. The molecule has 0 aliphatic rings. The maximum absolute atomic E-state index is 5.85. The van der Waals surface area contributed by atoms with Crippen molar-refractivity contribution in [2.45, 2.75) is 84.1 Å². The Bertz CT molecular complexity index is 702. The highest BCUT2D eigenvalue weighted by molar-refractivity contribution is 6.60. The molecule has 0 amide bonds. The lowest BCUT2D eigenvalue weighted by Gasteiger charge is -2.26. The van der Waals surface area contributed by atoms with Gasteiger partial charge in [-0.2, -0.15) is 0 Å². The van der Waals surface area contributed by atoms with Gasteiger partial charge < -0.3 is 18.0 Å². The summed E-state index contributed by atoms with van der Waals surface area (Å²) in [7, 11) is 2.36. The van der Waals surface area contributed by atoms with E-state index >= 15 is 0 Å². The van der Waals surface area contributed by atoms with Crippen LogP contribution in [0.2, 0.25) is 6.04 Å². The summed E-state index contributed by atoms with van der Waals surface area (Å²) in [6.45, 7) is 4.33. The molecular formula is C29H48O4Si. The van der Waals surface area contributed by atoms with Gasteiger partial charge >= 0.3 is 8.80 Å². The summed E-state index contributed by atoms with van der Waals surface area (Å²) in [4.78, 5) is 0.